The molecular weight excluding hydrogens is 154 g/mol. The summed E-state index contributed by atoms with van der Waals surface area (Å²) >= 11 is 0. The van der Waals surface area contributed by atoms with Crippen molar-refractivity contribution in [2.45, 2.75) is 19.4 Å². The zero-order valence-corrected chi connectivity index (χ0v) is 7.13. The normalized spacial score (nSPS) is 29.2. The maximum Gasteiger partial charge on any atom is 0.237 e. The highest BCUT2D eigenvalue weighted by molar-refractivity contribution is 5.82. The van der Waals surface area contributed by atoms with Crippen molar-refractivity contribution >= 4 is 5.91 Å². The molecule has 0 saturated carbocycles. The van der Waals surface area contributed by atoms with E-state index in [1.54, 1.807) is 0 Å². The molecule has 2 N–H and O–H groups in total. The number of hydrogen-bond acceptors (Lipinski definition) is 3. The third-order valence-corrected chi connectivity index (χ3v) is 2.15. The molecule has 0 aromatic heterocycles. The van der Waals surface area contributed by atoms with Crippen LogP contribution in [0.1, 0.15) is 13.3 Å². The van der Waals surface area contributed by atoms with E-state index < -0.39 is 0 Å². The number of rotatable bonds is 2. The second kappa shape index (κ2) is 4.07. The summed E-state index contributed by atoms with van der Waals surface area (Å²) in [6.07, 6.45) is 0.981. The molecule has 0 aromatic carbocycles. The van der Waals surface area contributed by atoms with Crippen molar-refractivity contribution in [3.8, 4) is 6.07 Å². The molecule has 0 aliphatic carbocycles. The molecular formula is C8H13N3O. The molecule has 0 aromatic rings. The molecule has 4 heteroatoms. The predicted molar refractivity (Wildman–Crippen MR) is 44.2 cm³/mol. The van der Waals surface area contributed by atoms with E-state index in [1.165, 1.54) is 0 Å². The van der Waals surface area contributed by atoms with Crippen LogP contribution in [0.3, 0.4) is 0 Å². The summed E-state index contributed by atoms with van der Waals surface area (Å²) in [6.45, 7) is 3.01. The van der Waals surface area contributed by atoms with Crippen molar-refractivity contribution in [2.75, 3.05) is 13.1 Å². The van der Waals surface area contributed by atoms with Gasteiger partial charge >= 0.3 is 0 Å². The van der Waals surface area contributed by atoms with Gasteiger partial charge in [-0.3, -0.25) is 10.1 Å². The van der Waals surface area contributed by atoms with Crippen molar-refractivity contribution in [3.63, 3.8) is 0 Å². The standard InChI is InChI=1S/C8H13N3O/c1-6-2-4-11-8(12)7(6)10-5-3-9/h6-7,10H,2,4-5H2,1H3,(H,11,12). The summed E-state index contributed by atoms with van der Waals surface area (Å²) in [5.74, 6) is 0.344. The van der Waals surface area contributed by atoms with Gasteiger partial charge in [0, 0.05) is 6.54 Å². The van der Waals surface area contributed by atoms with E-state index in [9.17, 15) is 4.79 Å². The number of hydrogen-bond donors (Lipinski definition) is 2. The maximum absolute atomic E-state index is 11.2. The Morgan fingerprint density at radius 3 is 3.17 bits per heavy atom. The van der Waals surface area contributed by atoms with Gasteiger partial charge in [0.2, 0.25) is 5.91 Å². The van der Waals surface area contributed by atoms with E-state index in [0.29, 0.717) is 5.92 Å². The molecule has 2 unspecified atom stereocenters. The lowest BCUT2D eigenvalue weighted by molar-refractivity contribution is -0.125. The van der Waals surface area contributed by atoms with Crippen molar-refractivity contribution < 1.29 is 4.79 Å². The summed E-state index contributed by atoms with van der Waals surface area (Å²) in [4.78, 5) is 11.2. The molecule has 1 heterocycles. The molecule has 1 aliphatic rings. The van der Waals surface area contributed by atoms with Crippen LogP contribution in [-0.2, 0) is 4.79 Å². The van der Waals surface area contributed by atoms with Crippen LogP contribution in [0.2, 0.25) is 0 Å². The molecule has 1 fully saturated rings. The monoisotopic (exact) mass is 167 g/mol. The quantitative estimate of drug-likeness (QED) is 0.551. The number of carbonyl (C=O) groups is 1. The van der Waals surface area contributed by atoms with Crippen LogP contribution in [-0.4, -0.2) is 25.0 Å². The van der Waals surface area contributed by atoms with Gasteiger partial charge in [-0.15, -0.1) is 0 Å². The first-order valence-corrected chi connectivity index (χ1v) is 4.13. The van der Waals surface area contributed by atoms with Gasteiger partial charge in [-0.2, -0.15) is 5.26 Å². The number of piperidine rings is 1. The van der Waals surface area contributed by atoms with Crippen molar-refractivity contribution in [1.82, 2.24) is 10.6 Å². The zero-order chi connectivity index (χ0) is 8.97. The fraction of sp³-hybridized carbons (Fsp3) is 0.750. The Labute approximate surface area is 71.9 Å². The van der Waals surface area contributed by atoms with Crippen LogP contribution in [0, 0.1) is 17.2 Å². The number of nitrogens with zero attached hydrogens (tertiary/aromatic N) is 1. The van der Waals surface area contributed by atoms with E-state index in [2.05, 4.69) is 10.6 Å². The lowest BCUT2D eigenvalue weighted by Crippen LogP contribution is -2.52. The Morgan fingerprint density at radius 2 is 2.58 bits per heavy atom. The average molecular weight is 167 g/mol. The fourth-order valence-corrected chi connectivity index (χ4v) is 1.41. The highest BCUT2D eigenvalue weighted by Gasteiger charge is 2.27. The molecule has 1 aliphatic heterocycles. The number of amides is 1. The van der Waals surface area contributed by atoms with Crippen molar-refractivity contribution in [2.24, 2.45) is 5.92 Å². The molecule has 1 rings (SSSR count). The largest absolute Gasteiger partial charge is 0.355 e. The average Bonchev–Trinajstić information content (AvgIpc) is 2.04. The molecule has 1 amide bonds. The Hall–Kier alpha value is -1.08. The molecule has 0 radical (unpaired) electrons. The first-order chi connectivity index (χ1) is 5.75. The van der Waals surface area contributed by atoms with Gasteiger partial charge in [-0.1, -0.05) is 6.92 Å². The van der Waals surface area contributed by atoms with Crippen LogP contribution in [0.4, 0.5) is 0 Å². The molecule has 4 nitrogen and oxygen atoms in total. The molecule has 12 heavy (non-hydrogen) atoms. The summed E-state index contributed by atoms with van der Waals surface area (Å²) in [7, 11) is 0. The van der Waals surface area contributed by atoms with Gasteiger partial charge in [0.1, 0.15) is 0 Å². The third kappa shape index (κ3) is 1.95. The van der Waals surface area contributed by atoms with Crippen molar-refractivity contribution in [1.29, 1.82) is 5.26 Å². The highest BCUT2D eigenvalue weighted by Crippen LogP contribution is 2.11. The van der Waals surface area contributed by atoms with E-state index >= 15 is 0 Å². The van der Waals surface area contributed by atoms with Crippen LogP contribution in [0.15, 0.2) is 0 Å². The predicted octanol–water partition coefficient (Wildman–Crippen LogP) is -0.376. The highest BCUT2D eigenvalue weighted by atomic mass is 16.2. The molecule has 66 valence electrons. The molecule has 0 spiro atoms. The second-order valence-corrected chi connectivity index (χ2v) is 3.07. The number of carbonyl (C=O) groups excluding carboxylic acids is 1. The van der Waals surface area contributed by atoms with Gasteiger partial charge in [-0.25, -0.2) is 0 Å². The number of nitrogens with one attached hydrogen (secondary N) is 2. The van der Waals surface area contributed by atoms with Gasteiger partial charge in [0.25, 0.3) is 0 Å². The lowest BCUT2D eigenvalue weighted by Gasteiger charge is -2.28. The zero-order valence-electron chi connectivity index (χ0n) is 7.13. The Balaban J connectivity index is 2.46. The minimum Gasteiger partial charge on any atom is -0.355 e. The van der Waals surface area contributed by atoms with Gasteiger partial charge in [-0.05, 0) is 12.3 Å². The van der Waals surface area contributed by atoms with Crippen LogP contribution >= 0.6 is 0 Å². The van der Waals surface area contributed by atoms with E-state index in [0.717, 1.165) is 13.0 Å². The van der Waals surface area contributed by atoms with Crippen LogP contribution in [0.5, 0.6) is 0 Å². The van der Waals surface area contributed by atoms with Crippen LogP contribution in [0.25, 0.3) is 0 Å². The van der Waals surface area contributed by atoms with Gasteiger partial charge in [0.15, 0.2) is 0 Å². The topological polar surface area (TPSA) is 64.9 Å². The lowest BCUT2D eigenvalue weighted by atomic mass is 9.94. The van der Waals surface area contributed by atoms with E-state index in [1.807, 2.05) is 13.0 Å². The Kier molecular flexibility index (Phi) is 3.06. The van der Waals surface area contributed by atoms with Gasteiger partial charge < -0.3 is 5.32 Å². The van der Waals surface area contributed by atoms with E-state index in [-0.39, 0.29) is 18.5 Å². The second-order valence-electron chi connectivity index (χ2n) is 3.07. The summed E-state index contributed by atoms with van der Waals surface area (Å²) in [5.41, 5.74) is 0. The maximum atomic E-state index is 11.2. The first kappa shape index (κ1) is 9.01. The van der Waals surface area contributed by atoms with Crippen LogP contribution < -0.4 is 10.6 Å². The minimum absolute atomic E-state index is 0.0176. The summed E-state index contributed by atoms with van der Waals surface area (Å²) < 4.78 is 0. The summed E-state index contributed by atoms with van der Waals surface area (Å²) in [6, 6.07) is 1.78. The Bertz CT molecular complexity index is 209. The molecule has 2 atom stereocenters. The van der Waals surface area contributed by atoms with E-state index in [4.69, 9.17) is 5.26 Å². The van der Waals surface area contributed by atoms with Gasteiger partial charge in [0.05, 0.1) is 18.7 Å². The minimum atomic E-state index is -0.182. The number of nitriles is 1. The summed E-state index contributed by atoms with van der Waals surface area (Å²) in [5, 5.41) is 14.0. The Morgan fingerprint density at radius 1 is 1.83 bits per heavy atom. The fourth-order valence-electron chi connectivity index (χ4n) is 1.41. The molecule has 0 bridgehead atoms. The third-order valence-electron chi connectivity index (χ3n) is 2.15. The smallest absolute Gasteiger partial charge is 0.237 e. The SMILES string of the molecule is CC1CCNC(=O)C1NCC#N. The van der Waals surface area contributed by atoms with Crippen molar-refractivity contribution in [3.05, 3.63) is 0 Å². The molecule has 1 saturated heterocycles. The first-order valence-electron chi connectivity index (χ1n) is 4.13.